The van der Waals surface area contributed by atoms with Gasteiger partial charge in [-0.25, -0.2) is 26.7 Å². The molecule has 1 aromatic carbocycles. The highest BCUT2D eigenvalue weighted by Crippen LogP contribution is 2.20. The standard InChI is InChI=1S/C17H19F2N3O5S/c1-3-12-15(16(20)22(21-12)7-8-28(2,25)26)17(24)27-9-13(23)14-10(18)5-4-6-11(14)19/h4-6H,3,7-9,20H2,1-2H3. The van der Waals surface area contributed by atoms with Gasteiger partial charge in [-0.05, 0) is 18.6 Å². The van der Waals surface area contributed by atoms with Gasteiger partial charge in [-0.15, -0.1) is 0 Å². The molecule has 2 N–H and O–H groups in total. The Morgan fingerprint density at radius 3 is 2.36 bits per heavy atom. The van der Waals surface area contributed by atoms with E-state index in [4.69, 9.17) is 10.5 Å². The monoisotopic (exact) mass is 415 g/mol. The summed E-state index contributed by atoms with van der Waals surface area (Å²) in [6.07, 6.45) is 1.34. The Bertz CT molecular complexity index is 998. The number of anilines is 1. The molecule has 0 saturated carbocycles. The van der Waals surface area contributed by atoms with E-state index in [2.05, 4.69) is 5.10 Å². The summed E-state index contributed by atoms with van der Waals surface area (Å²) in [5, 5.41) is 4.09. The van der Waals surface area contributed by atoms with E-state index in [0.717, 1.165) is 29.1 Å². The number of aryl methyl sites for hydroxylation is 2. The van der Waals surface area contributed by atoms with Crippen LogP contribution in [0.2, 0.25) is 0 Å². The van der Waals surface area contributed by atoms with Gasteiger partial charge in [0.05, 0.1) is 23.6 Å². The number of aromatic nitrogens is 2. The highest BCUT2D eigenvalue weighted by Gasteiger charge is 2.25. The number of hydrogen-bond donors (Lipinski definition) is 1. The highest BCUT2D eigenvalue weighted by molar-refractivity contribution is 7.90. The molecule has 0 aliphatic heterocycles. The number of rotatable bonds is 8. The van der Waals surface area contributed by atoms with Crippen molar-refractivity contribution in [2.24, 2.45) is 0 Å². The van der Waals surface area contributed by atoms with Crippen LogP contribution in [-0.4, -0.2) is 48.6 Å². The fourth-order valence-corrected chi connectivity index (χ4v) is 2.96. The van der Waals surface area contributed by atoms with Gasteiger partial charge in [0.1, 0.15) is 32.9 Å². The maximum Gasteiger partial charge on any atom is 0.344 e. The van der Waals surface area contributed by atoms with E-state index in [1.54, 1.807) is 6.92 Å². The minimum absolute atomic E-state index is 0.0652. The molecule has 1 heterocycles. The molecule has 0 radical (unpaired) electrons. The van der Waals surface area contributed by atoms with E-state index in [1.807, 2.05) is 0 Å². The quantitative estimate of drug-likeness (QED) is 0.511. The van der Waals surface area contributed by atoms with E-state index in [-0.39, 0.29) is 35.8 Å². The van der Waals surface area contributed by atoms with Crippen molar-refractivity contribution in [2.45, 2.75) is 19.9 Å². The molecule has 0 spiro atoms. The Kier molecular flexibility index (Phi) is 6.49. The maximum atomic E-state index is 13.6. The summed E-state index contributed by atoms with van der Waals surface area (Å²) in [5.74, 6) is -4.53. The molecule has 0 saturated heterocycles. The molecule has 0 unspecified atom stereocenters. The van der Waals surface area contributed by atoms with E-state index >= 15 is 0 Å². The Morgan fingerprint density at radius 1 is 1.21 bits per heavy atom. The van der Waals surface area contributed by atoms with Crippen molar-refractivity contribution in [2.75, 3.05) is 24.3 Å². The summed E-state index contributed by atoms with van der Waals surface area (Å²) in [5.41, 5.74) is 5.21. The van der Waals surface area contributed by atoms with E-state index in [1.165, 1.54) is 0 Å². The molecule has 2 aromatic rings. The average Bonchev–Trinajstić information content (AvgIpc) is 2.93. The average molecular weight is 415 g/mol. The molecule has 2 rings (SSSR count). The number of ether oxygens (including phenoxy) is 1. The maximum absolute atomic E-state index is 13.6. The highest BCUT2D eigenvalue weighted by atomic mass is 32.2. The molecule has 8 nitrogen and oxygen atoms in total. The number of benzene rings is 1. The van der Waals surface area contributed by atoms with Crippen molar-refractivity contribution in [3.8, 4) is 0 Å². The van der Waals surface area contributed by atoms with Gasteiger partial charge < -0.3 is 10.5 Å². The second-order valence-corrected chi connectivity index (χ2v) is 8.27. The number of nitrogens with zero attached hydrogens (tertiary/aromatic N) is 2. The molecule has 1 aromatic heterocycles. The number of halogens is 2. The lowest BCUT2D eigenvalue weighted by atomic mass is 10.1. The molecule has 11 heteroatoms. The second-order valence-electron chi connectivity index (χ2n) is 6.01. The van der Waals surface area contributed by atoms with E-state index < -0.39 is 45.4 Å². The van der Waals surface area contributed by atoms with Crippen molar-refractivity contribution in [1.29, 1.82) is 0 Å². The smallest absolute Gasteiger partial charge is 0.344 e. The number of carbonyl (C=O) groups excluding carboxylic acids is 2. The van der Waals surface area contributed by atoms with Crippen LogP contribution < -0.4 is 5.73 Å². The van der Waals surface area contributed by atoms with Gasteiger partial charge in [0, 0.05) is 6.26 Å². The van der Waals surface area contributed by atoms with Crippen LogP contribution in [0.3, 0.4) is 0 Å². The summed E-state index contributed by atoms with van der Waals surface area (Å²) in [4.78, 5) is 24.4. The van der Waals surface area contributed by atoms with Crippen LogP contribution in [0.25, 0.3) is 0 Å². The Hall–Kier alpha value is -2.82. The summed E-state index contributed by atoms with van der Waals surface area (Å²) >= 11 is 0. The van der Waals surface area contributed by atoms with Crippen LogP contribution in [0.4, 0.5) is 14.6 Å². The molecule has 0 fully saturated rings. The Labute approximate surface area is 160 Å². The van der Waals surface area contributed by atoms with Gasteiger partial charge in [-0.2, -0.15) is 5.10 Å². The third-order valence-corrected chi connectivity index (χ3v) is 4.78. The molecule has 0 aliphatic carbocycles. The van der Waals surface area contributed by atoms with Crippen molar-refractivity contribution < 1.29 is 31.5 Å². The van der Waals surface area contributed by atoms with Gasteiger partial charge in [0.25, 0.3) is 0 Å². The third kappa shape index (κ3) is 4.91. The number of carbonyl (C=O) groups is 2. The molecular weight excluding hydrogens is 396 g/mol. The molecule has 28 heavy (non-hydrogen) atoms. The number of Topliss-reactive ketones (excluding diaryl/α,β-unsaturated/α-hetero) is 1. The summed E-state index contributed by atoms with van der Waals surface area (Å²) in [6, 6.07) is 2.93. The Balaban J connectivity index is 2.17. The lowest BCUT2D eigenvalue weighted by Gasteiger charge is -2.07. The van der Waals surface area contributed by atoms with Crippen LogP contribution in [0, 0.1) is 11.6 Å². The predicted molar refractivity (Wildman–Crippen MR) is 96.7 cm³/mol. The first-order valence-electron chi connectivity index (χ1n) is 8.22. The zero-order chi connectivity index (χ0) is 21.1. The number of ketones is 1. The first kappa shape index (κ1) is 21.5. The van der Waals surface area contributed by atoms with Crippen molar-refractivity contribution >= 4 is 27.4 Å². The molecular formula is C17H19F2N3O5S. The summed E-state index contributed by atoms with van der Waals surface area (Å²) in [6.45, 7) is 0.734. The lowest BCUT2D eigenvalue weighted by Crippen LogP contribution is -2.18. The molecule has 0 atom stereocenters. The van der Waals surface area contributed by atoms with Gasteiger partial charge in [0.15, 0.2) is 6.61 Å². The minimum atomic E-state index is -3.28. The lowest BCUT2D eigenvalue weighted by molar-refractivity contribution is 0.0472. The topological polar surface area (TPSA) is 121 Å². The fourth-order valence-electron chi connectivity index (χ4n) is 2.46. The Morgan fingerprint density at radius 2 is 1.82 bits per heavy atom. The van der Waals surface area contributed by atoms with Crippen LogP contribution in [0.5, 0.6) is 0 Å². The van der Waals surface area contributed by atoms with Crippen LogP contribution in [0.15, 0.2) is 18.2 Å². The van der Waals surface area contributed by atoms with Crippen LogP contribution >= 0.6 is 0 Å². The van der Waals surface area contributed by atoms with Gasteiger partial charge in [-0.1, -0.05) is 13.0 Å². The molecule has 0 bridgehead atoms. The molecule has 0 amide bonds. The SMILES string of the molecule is CCc1nn(CCS(C)(=O)=O)c(N)c1C(=O)OCC(=O)c1c(F)cccc1F. The van der Waals surface area contributed by atoms with Crippen molar-refractivity contribution in [3.63, 3.8) is 0 Å². The van der Waals surface area contributed by atoms with Crippen molar-refractivity contribution in [3.05, 3.63) is 46.7 Å². The summed E-state index contributed by atoms with van der Waals surface area (Å²) in [7, 11) is -3.28. The van der Waals surface area contributed by atoms with E-state index in [9.17, 15) is 26.8 Å². The van der Waals surface area contributed by atoms with Crippen molar-refractivity contribution in [1.82, 2.24) is 9.78 Å². The zero-order valence-corrected chi connectivity index (χ0v) is 16.1. The third-order valence-electron chi connectivity index (χ3n) is 3.85. The molecule has 152 valence electrons. The van der Waals surface area contributed by atoms with E-state index in [0.29, 0.717) is 0 Å². The minimum Gasteiger partial charge on any atom is -0.454 e. The van der Waals surface area contributed by atoms with Gasteiger partial charge in [0.2, 0.25) is 5.78 Å². The predicted octanol–water partition coefficient (Wildman–Crippen LogP) is 1.39. The summed E-state index contributed by atoms with van der Waals surface area (Å²) < 4.78 is 55.9. The number of hydrogen-bond acceptors (Lipinski definition) is 7. The largest absolute Gasteiger partial charge is 0.454 e. The zero-order valence-electron chi connectivity index (χ0n) is 15.2. The normalized spacial score (nSPS) is 11.4. The van der Waals surface area contributed by atoms with Crippen LogP contribution in [-0.2, 0) is 27.5 Å². The first-order valence-corrected chi connectivity index (χ1v) is 10.3. The first-order chi connectivity index (χ1) is 13.0. The van der Waals surface area contributed by atoms with Gasteiger partial charge >= 0.3 is 5.97 Å². The van der Waals surface area contributed by atoms with Crippen LogP contribution in [0.1, 0.15) is 33.3 Å². The number of nitrogen functional groups attached to an aromatic ring is 1. The molecule has 0 aliphatic rings. The number of sulfone groups is 1. The number of nitrogens with two attached hydrogens (primary N) is 1. The second kappa shape index (κ2) is 8.46. The fraction of sp³-hybridized carbons (Fsp3) is 0.353. The van der Waals surface area contributed by atoms with Gasteiger partial charge in [-0.3, -0.25) is 4.79 Å². The number of esters is 1.